The minimum absolute atomic E-state index is 0.144. The Morgan fingerprint density at radius 3 is 2.67 bits per heavy atom. The van der Waals surface area contributed by atoms with Crippen molar-refractivity contribution in [2.45, 2.75) is 45.3 Å². The van der Waals surface area contributed by atoms with E-state index in [2.05, 4.69) is 31.1 Å². The van der Waals surface area contributed by atoms with Crippen molar-refractivity contribution in [2.24, 2.45) is 0 Å². The Balaban J connectivity index is 2.68. The summed E-state index contributed by atoms with van der Waals surface area (Å²) < 4.78 is 18.3. The van der Waals surface area contributed by atoms with Crippen LogP contribution in [0.25, 0.3) is 0 Å². The fraction of sp³-hybridized carbons (Fsp3) is 0.643. The van der Waals surface area contributed by atoms with Crippen molar-refractivity contribution in [1.29, 1.82) is 0 Å². The van der Waals surface area contributed by atoms with Crippen LogP contribution in [0.15, 0.2) is 18.3 Å². The number of nitrogens with zero attached hydrogens (tertiary/aromatic N) is 1. The molecule has 0 spiro atoms. The van der Waals surface area contributed by atoms with E-state index in [9.17, 15) is 4.39 Å². The Hall–Kier alpha value is -1.00. The Morgan fingerprint density at radius 1 is 1.44 bits per heavy atom. The Bertz CT molecular complexity index is 351. The smallest absolute Gasteiger partial charge is 0.141 e. The van der Waals surface area contributed by atoms with Crippen LogP contribution in [0.2, 0.25) is 0 Å². The quantitative estimate of drug-likeness (QED) is 0.812. The number of nitrogens with one attached hydrogen (secondary N) is 1. The third kappa shape index (κ3) is 4.70. The van der Waals surface area contributed by atoms with E-state index in [0.717, 1.165) is 25.1 Å². The Labute approximate surface area is 109 Å². The highest BCUT2D eigenvalue weighted by Gasteiger charge is 2.20. The summed E-state index contributed by atoms with van der Waals surface area (Å²) in [6.45, 7) is 7.04. The van der Waals surface area contributed by atoms with Gasteiger partial charge in [-0.3, -0.25) is 4.98 Å². The molecule has 0 aliphatic heterocycles. The average Bonchev–Trinajstić information content (AvgIpc) is 2.36. The zero-order valence-corrected chi connectivity index (χ0v) is 11.7. The topological polar surface area (TPSA) is 34.1 Å². The number of hydrogen-bond acceptors (Lipinski definition) is 3. The maximum absolute atomic E-state index is 12.9. The van der Waals surface area contributed by atoms with E-state index < -0.39 is 0 Å². The predicted molar refractivity (Wildman–Crippen MR) is 70.9 cm³/mol. The lowest BCUT2D eigenvalue weighted by atomic mass is 9.97. The predicted octanol–water partition coefficient (Wildman–Crippen LogP) is 3.08. The van der Waals surface area contributed by atoms with Crippen LogP contribution in [-0.2, 0) is 4.74 Å². The van der Waals surface area contributed by atoms with Gasteiger partial charge in [0.15, 0.2) is 0 Å². The Morgan fingerprint density at radius 2 is 2.17 bits per heavy atom. The maximum atomic E-state index is 12.9. The molecule has 102 valence electrons. The molecule has 0 fully saturated rings. The summed E-state index contributed by atoms with van der Waals surface area (Å²) >= 11 is 0. The van der Waals surface area contributed by atoms with E-state index in [1.165, 1.54) is 12.3 Å². The molecule has 0 aliphatic carbocycles. The van der Waals surface area contributed by atoms with Crippen LogP contribution >= 0.6 is 0 Å². The summed E-state index contributed by atoms with van der Waals surface area (Å²) in [5.41, 5.74) is 0.735. The van der Waals surface area contributed by atoms with Gasteiger partial charge in [0, 0.05) is 13.2 Å². The van der Waals surface area contributed by atoms with Gasteiger partial charge in [-0.05, 0) is 45.4 Å². The van der Waals surface area contributed by atoms with E-state index in [1.807, 2.05) is 0 Å². The third-order valence-corrected chi connectivity index (χ3v) is 3.15. The van der Waals surface area contributed by atoms with Gasteiger partial charge in [-0.25, -0.2) is 4.39 Å². The summed E-state index contributed by atoms with van der Waals surface area (Å²) in [6, 6.07) is 3.33. The first-order chi connectivity index (χ1) is 8.48. The van der Waals surface area contributed by atoms with Gasteiger partial charge in [-0.15, -0.1) is 0 Å². The lowest BCUT2D eigenvalue weighted by molar-refractivity contribution is 0.0116. The molecule has 0 amide bonds. The molecule has 1 rings (SSSR count). The van der Waals surface area contributed by atoms with E-state index in [0.29, 0.717) is 0 Å². The fourth-order valence-corrected chi connectivity index (χ4v) is 1.79. The summed E-state index contributed by atoms with van der Waals surface area (Å²) in [6.07, 6.45) is 3.09. The van der Waals surface area contributed by atoms with Gasteiger partial charge >= 0.3 is 0 Å². The van der Waals surface area contributed by atoms with Crippen molar-refractivity contribution in [3.8, 4) is 0 Å². The minimum atomic E-state index is -0.300. The largest absolute Gasteiger partial charge is 0.379 e. The van der Waals surface area contributed by atoms with E-state index in [-0.39, 0.29) is 17.5 Å². The minimum Gasteiger partial charge on any atom is -0.379 e. The highest BCUT2D eigenvalue weighted by Crippen LogP contribution is 2.23. The number of halogens is 1. The molecule has 0 saturated heterocycles. The van der Waals surface area contributed by atoms with Crippen molar-refractivity contribution < 1.29 is 9.13 Å². The summed E-state index contributed by atoms with van der Waals surface area (Å²) in [4.78, 5) is 4.15. The number of methoxy groups -OCH3 is 1. The average molecular weight is 254 g/mol. The molecule has 1 aromatic heterocycles. The molecule has 1 N–H and O–H groups in total. The van der Waals surface area contributed by atoms with E-state index in [1.54, 1.807) is 13.2 Å². The molecule has 1 heterocycles. The maximum Gasteiger partial charge on any atom is 0.141 e. The van der Waals surface area contributed by atoms with Gasteiger partial charge in [0.2, 0.25) is 0 Å². The summed E-state index contributed by atoms with van der Waals surface area (Å²) in [7, 11) is 1.72. The van der Waals surface area contributed by atoms with Gasteiger partial charge in [-0.1, -0.05) is 6.92 Å². The number of aromatic nitrogens is 1. The fourth-order valence-electron chi connectivity index (χ4n) is 1.79. The number of hydrogen-bond donors (Lipinski definition) is 1. The lowest BCUT2D eigenvalue weighted by Gasteiger charge is -2.26. The molecule has 0 saturated carbocycles. The molecular formula is C14H23FN2O. The molecule has 0 bridgehead atoms. The highest BCUT2D eigenvalue weighted by atomic mass is 19.1. The molecule has 3 nitrogen and oxygen atoms in total. The van der Waals surface area contributed by atoms with E-state index >= 15 is 0 Å². The number of pyridine rings is 1. The molecule has 1 aromatic rings. The molecule has 0 aliphatic rings. The molecule has 0 aromatic carbocycles. The van der Waals surface area contributed by atoms with Crippen LogP contribution in [0.5, 0.6) is 0 Å². The van der Waals surface area contributed by atoms with Crippen LogP contribution in [0.3, 0.4) is 0 Å². The lowest BCUT2D eigenvalue weighted by Crippen LogP contribution is -2.27. The first kappa shape index (κ1) is 15.1. The van der Waals surface area contributed by atoms with E-state index in [4.69, 9.17) is 4.74 Å². The standard InChI is InChI=1S/C14H23FN2O/c1-5-16-13(8-9-14(2,3)18-4)12-7-6-11(15)10-17-12/h6-7,10,13,16H,5,8-9H2,1-4H3. The Kier molecular flexibility index (Phi) is 5.69. The normalized spacial score (nSPS) is 13.6. The first-order valence-corrected chi connectivity index (χ1v) is 6.38. The highest BCUT2D eigenvalue weighted by molar-refractivity contribution is 5.10. The summed E-state index contributed by atoms with van der Waals surface area (Å²) in [5.74, 6) is -0.300. The van der Waals surface area contributed by atoms with Gasteiger partial charge in [0.1, 0.15) is 5.82 Å². The zero-order chi connectivity index (χ0) is 13.6. The van der Waals surface area contributed by atoms with Crippen molar-refractivity contribution in [3.63, 3.8) is 0 Å². The first-order valence-electron chi connectivity index (χ1n) is 6.38. The second kappa shape index (κ2) is 6.81. The second-order valence-electron chi connectivity index (χ2n) is 5.01. The molecule has 1 unspecified atom stereocenters. The van der Waals surface area contributed by atoms with Crippen molar-refractivity contribution in [3.05, 3.63) is 29.8 Å². The number of rotatable bonds is 7. The van der Waals surface area contributed by atoms with Crippen LogP contribution in [0.4, 0.5) is 4.39 Å². The third-order valence-electron chi connectivity index (χ3n) is 3.15. The van der Waals surface area contributed by atoms with Crippen molar-refractivity contribution in [2.75, 3.05) is 13.7 Å². The van der Waals surface area contributed by atoms with Crippen LogP contribution in [-0.4, -0.2) is 24.2 Å². The molecule has 4 heteroatoms. The monoisotopic (exact) mass is 254 g/mol. The van der Waals surface area contributed by atoms with Gasteiger partial charge < -0.3 is 10.1 Å². The SMILES string of the molecule is CCNC(CCC(C)(C)OC)c1ccc(F)cn1. The molecule has 18 heavy (non-hydrogen) atoms. The van der Waals surface area contributed by atoms with Crippen LogP contribution < -0.4 is 5.32 Å². The second-order valence-corrected chi connectivity index (χ2v) is 5.01. The van der Waals surface area contributed by atoms with Gasteiger partial charge in [-0.2, -0.15) is 0 Å². The molecule has 1 atom stereocenters. The van der Waals surface area contributed by atoms with Crippen LogP contribution in [0.1, 0.15) is 45.3 Å². The van der Waals surface area contributed by atoms with Crippen molar-refractivity contribution in [1.82, 2.24) is 10.3 Å². The number of ether oxygens (including phenoxy) is 1. The van der Waals surface area contributed by atoms with Crippen molar-refractivity contribution >= 4 is 0 Å². The molecule has 0 radical (unpaired) electrons. The van der Waals surface area contributed by atoms with Gasteiger partial charge in [0.25, 0.3) is 0 Å². The summed E-state index contributed by atoms with van der Waals surface area (Å²) in [5, 5.41) is 3.37. The van der Waals surface area contributed by atoms with Crippen LogP contribution in [0, 0.1) is 5.82 Å². The molecular weight excluding hydrogens is 231 g/mol. The van der Waals surface area contributed by atoms with Gasteiger partial charge in [0.05, 0.1) is 17.5 Å². The zero-order valence-electron chi connectivity index (χ0n) is 11.7.